The van der Waals surface area contributed by atoms with E-state index in [1.807, 2.05) is 0 Å². The minimum absolute atomic E-state index is 0.697. The SMILES string of the molecule is C=CC[SiH](CC=C)Cc1ccccc1. The number of rotatable bonds is 6. The Morgan fingerprint density at radius 2 is 1.57 bits per heavy atom. The van der Waals surface area contributed by atoms with E-state index < -0.39 is 8.80 Å². The van der Waals surface area contributed by atoms with Crippen LogP contribution < -0.4 is 0 Å². The van der Waals surface area contributed by atoms with Crippen LogP contribution in [-0.4, -0.2) is 8.80 Å². The molecule has 14 heavy (non-hydrogen) atoms. The van der Waals surface area contributed by atoms with Gasteiger partial charge in [-0.05, 0) is 18.1 Å². The van der Waals surface area contributed by atoms with Crippen LogP contribution in [0.5, 0.6) is 0 Å². The molecular formula is C13H18Si. The van der Waals surface area contributed by atoms with E-state index in [1.165, 1.54) is 23.7 Å². The zero-order valence-corrected chi connectivity index (χ0v) is 9.81. The summed E-state index contributed by atoms with van der Waals surface area (Å²) in [4.78, 5) is 0. The second-order valence-corrected chi connectivity index (χ2v) is 6.69. The van der Waals surface area contributed by atoms with Crippen molar-refractivity contribution < 1.29 is 0 Å². The Morgan fingerprint density at radius 3 is 2.07 bits per heavy atom. The van der Waals surface area contributed by atoms with Crippen molar-refractivity contribution >= 4 is 8.80 Å². The fraction of sp³-hybridized carbons (Fsp3) is 0.231. The van der Waals surface area contributed by atoms with E-state index in [0.29, 0.717) is 0 Å². The van der Waals surface area contributed by atoms with Crippen LogP contribution >= 0.6 is 0 Å². The molecule has 0 radical (unpaired) electrons. The smallest absolute Gasteiger partial charge is 0.0487 e. The summed E-state index contributed by atoms with van der Waals surface area (Å²) in [7, 11) is -0.697. The van der Waals surface area contributed by atoms with Gasteiger partial charge in [0.2, 0.25) is 0 Å². The zero-order valence-electron chi connectivity index (χ0n) is 8.65. The molecule has 0 aliphatic rings. The van der Waals surface area contributed by atoms with Crippen LogP contribution in [0, 0.1) is 0 Å². The van der Waals surface area contributed by atoms with Gasteiger partial charge in [0.1, 0.15) is 0 Å². The summed E-state index contributed by atoms with van der Waals surface area (Å²) in [5.74, 6) is 0. The molecule has 0 spiro atoms. The van der Waals surface area contributed by atoms with Crippen LogP contribution in [0.15, 0.2) is 55.6 Å². The Bertz CT molecular complexity index is 267. The van der Waals surface area contributed by atoms with E-state index in [4.69, 9.17) is 0 Å². The molecule has 0 atom stereocenters. The number of allylic oxidation sites excluding steroid dienone is 2. The molecule has 0 unspecified atom stereocenters. The summed E-state index contributed by atoms with van der Waals surface area (Å²) < 4.78 is 0. The molecule has 1 aromatic rings. The predicted octanol–water partition coefficient (Wildman–Crippen LogP) is 3.37. The van der Waals surface area contributed by atoms with Crippen molar-refractivity contribution in [2.24, 2.45) is 0 Å². The van der Waals surface area contributed by atoms with Gasteiger partial charge in [-0.15, -0.1) is 13.2 Å². The molecule has 0 aliphatic carbocycles. The molecular weight excluding hydrogens is 184 g/mol. The van der Waals surface area contributed by atoms with Gasteiger partial charge >= 0.3 is 0 Å². The lowest BCUT2D eigenvalue weighted by Gasteiger charge is -2.10. The van der Waals surface area contributed by atoms with Gasteiger partial charge in [0.25, 0.3) is 0 Å². The van der Waals surface area contributed by atoms with E-state index >= 15 is 0 Å². The molecule has 0 saturated carbocycles. The minimum Gasteiger partial charge on any atom is -0.103 e. The summed E-state index contributed by atoms with van der Waals surface area (Å²) in [5, 5.41) is 0. The van der Waals surface area contributed by atoms with Gasteiger partial charge in [0, 0.05) is 8.80 Å². The van der Waals surface area contributed by atoms with E-state index in [2.05, 4.69) is 55.6 Å². The topological polar surface area (TPSA) is 0 Å². The molecule has 0 aliphatic heterocycles. The molecule has 0 fully saturated rings. The molecule has 74 valence electrons. The molecule has 0 aromatic heterocycles. The van der Waals surface area contributed by atoms with E-state index in [1.54, 1.807) is 0 Å². The van der Waals surface area contributed by atoms with Crippen molar-refractivity contribution in [3.05, 3.63) is 61.2 Å². The largest absolute Gasteiger partial charge is 0.103 e. The highest BCUT2D eigenvalue weighted by molar-refractivity contribution is 6.59. The highest BCUT2D eigenvalue weighted by atomic mass is 28.3. The van der Waals surface area contributed by atoms with Crippen LogP contribution in [0.2, 0.25) is 12.1 Å². The molecule has 0 heterocycles. The average Bonchev–Trinajstić information content (AvgIpc) is 2.20. The van der Waals surface area contributed by atoms with E-state index in [9.17, 15) is 0 Å². The van der Waals surface area contributed by atoms with Gasteiger partial charge in [-0.2, -0.15) is 0 Å². The van der Waals surface area contributed by atoms with Crippen LogP contribution in [0.25, 0.3) is 0 Å². The fourth-order valence-corrected chi connectivity index (χ4v) is 4.09. The summed E-state index contributed by atoms with van der Waals surface area (Å²) in [6, 6.07) is 14.4. The molecule has 1 rings (SSSR count). The van der Waals surface area contributed by atoms with Crippen molar-refractivity contribution in [3.63, 3.8) is 0 Å². The molecule has 0 nitrogen and oxygen atoms in total. The maximum Gasteiger partial charge on any atom is 0.0487 e. The molecule has 0 saturated heterocycles. The monoisotopic (exact) mass is 202 g/mol. The highest BCUT2D eigenvalue weighted by Crippen LogP contribution is 2.09. The van der Waals surface area contributed by atoms with Crippen molar-refractivity contribution in [2.75, 3.05) is 0 Å². The van der Waals surface area contributed by atoms with Crippen molar-refractivity contribution in [1.82, 2.24) is 0 Å². The Labute approximate surface area is 88.6 Å². The fourth-order valence-electron chi connectivity index (χ4n) is 1.68. The lowest BCUT2D eigenvalue weighted by atomic mass is 10.2. The molecule has 0 amide bonds. The highest BCUT2D eigenvalue weighted by Gasteiger charge is 2.07. The first-order valence-corrected chi connectivity index (χ1v) is 7.57. The Kier molecular flexibility index (Phi) is 5.01. The minimum atomic E-state index is -0.697. The average molecular weight is 202 g/mol. The standard InChI is InChI=1S/C13H18Si/c1-3-10-14(11-4-2)12-13-8-6-5-7-9-13/h3-9,14H,1-2,10-12H2. The quantitative estimate of drug-likeness (QED) is 0.490. The van der Waals surface area contributed by atoms with E-state index in [0.717, 1.165) is 0 Å². The lowest BCUT2D eigenvalue weighted by molar-refractivity contribution is 1.30. The third-order valence-corrected chi connectivity index (χ3v) is 5.42. The first kappa shape index (κ1) is 11.0. The Hall–Kier alpha value is -1.08. The zero-order chi connectivity index (χ0) is 10.2. The normalized spacial score (nSPS) is 10.1. The van der Waals surface area contributed by atoms with Crippen molar-refractivity contribution in [3.8, 4) is 0 Å². The number of hydrogen-bond acceptors (Lipinski definition) is 0. The molecule has 0 N–H and O–H groups in total. The second kappa shape index (κ2) is 6.38. The summed E-state index contributed by atoms with van der Waals surface area (Å²) >= 11 is 0. The maximum absolute atomic E-state index is 3.82. The summed E-state index contributed by atoms with van der Waals surface area (Å²) in [5.41, 5.74) is 1.47. The van der Waals surface area contributed by atoms with Gasteiger partial charge in [0.15, 0.2) is 0 Å². The lowest BCUT2D eigenvalue weighted by Crippen LogP contribution is -2.14. The maximum atomic E-state index is 3.82. The third-order valence-electron chi connectivity index (χ3n) is 2.37. The van der Waals surface area contributed by atoms with Crippen LogP contribution in [0.3, 0.4) is 0 Å². The molecule has 1 heteroatoms. The first-order valence-electron chi connectivity index (χ1n) is 5.12. The first-order chi connectivity index (χ1) is 6.86. The van der Waals surface area contributed by atoms with Gasteiger partial charge in [0.05, 0.1) is 0 Å². The molecule has 1 aromatic carbocycles. The van der Waals surface area contributed by atoms with Crippen LogP contribution in [-0.2, 0) is 6.04 Å². The second-order valence-electron chi connectivity index (χ2n) is 3.60. The van der Waals surface area contributed by atoms with Gasteiger partial charge in [-0.1, -0.05) is 48.0 Å². The van der Waals surface area contributed by atoms with Gasteiger partial charge in [-0.25, -0.2) is 0 Å². The van der Waals surface area contributed by atoms with Gasteiger partial charge in [-0.3, -0.25) is 0 Å². The van der Waals surface area contributed by atoms with Crippen molar-refractivity contribution in [1.29, 1.82) is 0 Å². The van der Waals surface area contributed by atoms with Crippen LogP contribution in [0.4, 0.5) is 0 Å². The third kappa shape index (κ3) is 3.75. The van der Waals surface area contributed by atoms with Gasteiger partial charge < -0.3 is 0 Å². The summed E-state index contributed by atoms with van der Waals surface area (Å²) in [6.07, 6.45) is 4.12. The van der Waals surface area contributed by atoms with Crippen LogP contribution in [0.1, 0.15) is 5.56 Å². The number of benzene rings is 1. The summed E-state index contributed by atoms with van der Waals surface area (Å²) in [6.45, 7) is 7.65. The van der Waals surface area contributed by atoms with Crippen molar-refractivity contribution in [2.45, 2.75) is 18.1 Å². The predicted molar refractivity (Wildman–Crippen MR) is 67.3 cm³/mol. The molecule has 0 bridgehead atoms. The number of hydrogen-bond donors (Lipinski definition) is 0. The Balaban J connectivity index is 2.54. The Morgan fingerprint density at radius 1 is 1.00 bits per heavy atom. The van der Waals surface area contributed by atoms with E-state index in [-0.39, 0.29) is 0 Å².